The van der Waals surface area contributed by atoms with Crippen LogP contribution in [0.25, 0.3) is 22.6 Å². The van der Waals surface area contributed by atoms with Crippen LogP contribution >= 0.6 is 0 Å². The van der Waals surface area contributed by atoms with Crippen LogP contribution in [-0.2, 0) is 4.79 Å². The Morgan fingerprint density at radius 2 is 1.06 bits per heavy atom. The van der Waals surface area contributed by atoms with E-state index in [9.17, 15) is 30.2 Å². The summed E-state index contributed by atoms with van der Waals surface area (Å²) < 4.78 is 6.17. The third-order valence-corrected chi connectivity index (χ3v) is 14.2. The lowest BCUT2D eigenvalue weighted by atomic mass is 10.1. The lowest BCUT2D eigenvalue weighted by Gasteiger charge is -2.23. The van der Waals surface area contributed by atoms with Crippen LogP contribution in [0.4, 0.5) is 45.5 Å². The quantitative estimate of drug-likeness (QED) is 0.0188. The molecule has 1 heterocycles. The summed E-state index contributed by atoms with van der Waals surface area (Å²) in [6.45, 7) is 41.7. The van der Waals surface area contributed by atoms with Crippen LogP contribution in [0.2, 0.25) is 6.82 Å². The summed E-state index contributed by atoms with van der Waals surface area (Å²) in [6, 6.07) is 33.3. The van der Waals surface area contributed by atoms with Crippen LogP contribution in [0.5, 0.6) is 23.0 Å². The number of benzene rings is 7. The fraction of sp³-hybridized carbons (Fsp3) is 0.386. The summed E-state index contributed by atoms with van der Waals surface area (Å²) in [6.07, 6.45) is 0. The molecule has 1 aliphatic heterocycles. The number of aromatic nitrogens is 1. The predicted octanol–water partition coefficient (Wildman–Crippen LogP) is 16.8. The molecule has 2 radical (unpaired) electrons. The zero-order valence-electron chi connectivity index (χ0n) is 54.9. The number of nitro groups is 1. The predicted molar refractivity (Wildman–Crippen MR) is 372 cm³/mol. The maximum absolute atomic E-state index is 11.3. The van der Waals surface area contributed by atoms with Gasteiger partial charge in [-0.15, -0.1) is 5.11 Å². The lowest BCUT2D eigenvalue weighted by molar-refractivity contribution is -0.384. The van der Waals surface area contributed by atoms with Gasteiger partial charge < -0.3 is 49.8 Å². The second-order valence-electron chi connectivity index (χ2n) is 20.3. The monoisotopic (exact) mass is 1220 g/mol. The van der Waals surface area contributed by atoms with E-state index in [1.165, 1.54) is 54.8 Å². The zero-order chi connectivity index (χ0) is 65.8. The number of nitro benzene ring substituents is 1. The molecule has 0 bridgehead atoms. The average Bonchev–Trinajstić information content (AvgIpc) is 1.21. The Labute approximate surface area is 530 Å². The number of phenolic OH excluding ortho intramolecular Hbond substituents is 4. The number of carbonyl (C=O) groups is 1. The number of aromatic hydroxyl groups is 4. The number of amides is 1. The first-order valence-corrected chi connectivity index (χ1v) is 30.1. The number of rotatable bonds is 17. The molecule has 6 aromatic carbocycles. The fourth-order valence-corrected chi connectivity index (χ4v) is 9.51. The van der Waals surface area contributed by atoms with E-state index >= 15 is 0 Å². The molecule has 0 aromatic heterocycles. The Kier molecular flexibility index (Phi) is 32.6. The van der Waals surface area contributed by atoms with E-state index < -0.39 is 4.92 Å². The topological polar surface area (TPSA) is 229 Å². The van der Waals surface area contributed by atoms with Crippen LogP contribution < -0.4 is 30.3 Å². The van der Waals surface area contributed by atoms with Gasteiger partial charge in [0.25, 0.3) is 5.69 Å². The molecule has 2 aliphatic rings. The molecule has 89 heavy (non-hydrogen) atoms. The van der Waals surface area contributed by atoms with Crippen molar-refractivity contribution in [1.29, 1.82) is 0 Å². The molecule has 0 spiro atoms. The molecular weight excluding hydrogens is 1120 g/mol. The second kappa shape index (κ2) is 38.2. The zero-order valence-corrected chi connectivity index (χ0v) is 54.9. The first kappa shape index (κ1) is 76.0. The van der Waals surface area contributed by atoms with Gasteiger partial charge >= 0.3 is 0 Å². The molecule has 0 fully saturated rings. The van der Waals surface area contributed by atoms with Crippen LogP contribution in [-0.4, -0.2) is 103 Å². The van der Waals surface area contributed by atoms with Gasteiger partial charge in [0.05, 0.1) is 29.5 Å². The Morgan fingerprint density at radius 1 is 0.573 bits per heavy atom. The summed E-state index contributed by atoms with van der Waals surface area (Å²) >= 11 is 0. The van der Waals surface area contributed by atoms with Crippen molar-refractivity contribution >= 4 is 70.4 Å². The highest BCUT2D eigenvalue weighted by atomic mass is 16.6. The van der Waals surface area contributed by atoms with Gasteiger partial charge in [0.2, 0.25) is 5.91 Å². The number of anilines is 5. The molecule has 18 nitrogen and oxygen atoms in total. The van der Waals surface area contributed by atoms with Crippen molar-refractivity contribution < 1.29 is 34.6 Å². The SMILES string of the molecule is C.CCN(C(C)=O)c1cc(O)ccc1C.CCN(CC)c1cc(O)c(N=Nc2ccc([N+](=O)[O-])cc2)cc1C.CCN(CC)c1cc(O)ccc1C.CCN=c1cc2oc3cc(N(CC)CC)c(C)cc3nc-2cc1C.CCNc1cc(O)ccc1C.[B]C. The molecule has 0 saturated heterocycles. The lowest BCUT2D eigenvalue weighted by Crippen LogP contribution is -2.28. The van der Waals surface area contributed by atoms with Crippen molar-refractivity contribution in [3.8, 4) is 34.5 Å². The van der Waals surface area contributed by atoms with Crippen LogP contribution in [0.3, 0.4) is 0 Å². The molecule has 6 aromatic rings. The normalized spacial score (nSPS) is 10.6. The van der Waals surface area contributed by atoms with Gasteiger partial charge in [-0.3, -0.25) is 19.9 Å². The van der Waals surface area contributed by atoms with E-state index in [0.717, 1.165) is 125 Å². The maximum Gasteiger partial charge on any atom is 0.269 e. The van der Waals surface area contributed by atoms with Gasteiger partial charge in [-0.1, -0.05) is 32.4 Å². The van der Waals surface area contributed by atoms with Gasteiger partial charge in [0, 0.05) is 137 Å². The molecule has 19 heteroatoms. The molecule has 8 rings (SSSR count). The number of phenols is 4. The van der Waals surface area contributed by atoms with Crippen LogP contribution in [0.1, 0.15) is 110 Å². The molecule has 0 atom stereocenters. The fourth-order valence-electron chi connectivity index (χ4n) is 9.51. The summed E-state index contributed by atoms with van der Waals surface area (Å²) in [5, 5.41) is 60.8. The van der Waals surface area contributed by atoms with E-state index in [2.05, 4.69) is 124 Å². The number of carbonyl (C=O) groups excluding carboxylic acids is 1. The summed E-state index contributed by atoms with van der Waals surface area (Å²) in [5.41, 5.74) is 15.2. The van der Waals surface area contributed by atoms with Crippen molar-refractivity contribution in [2.75, 3.05) is 83.8 Å². The van der Waals surface area contributed by atoms with Gasteiger partial charge in [-0.25, -0.2) is 4.98 Å². The Bertz CT molecular complexity index is 3560. The first-order valence-electron chi connectivity index (χ1n) is 30.1. The van der Waals surface area contributed by atoms with Crippen molar-refractivity contribution in [2.45, 2.75) is 125 Å². The number of non-ortho nitro benzene ring substituents is 1. The summed E-state index contributed by atoms with van der Waals surface area (Å²) in [4.78, 5) is 39.1. The number of aryl methyl sites for hydroxylation is 6. The van der Waals surface area contributed by atoms with Gasteiger partial charge in [-0.2, -0.15) is 5.11 Å². The highest BCUT2D eigenvalue weighted by Gasteiger charge is 2.16. The molecule has 1 amide bonds. The number of hydrogen-bond acceptors (Lipinski definition) is 16. The van der Waals surface area contributed by atoms with Crippen molar-refractivity contribution in [3.63, 3.8) is 0 Å². The number of azo groups is 1. The van der Waals surface area contributed by atoms with E-state index in [-0.39, 0.29) is 30.5 Å². The van der Waals surface area contributed by atoms with E-state index in [4.69, 9.17) is 14.5 Å². The minimum Gasteiger partial charge on any atom is -0.508 e. The minimum atomic E-state index is -0.470. The second-order valence-corrected chi connectivity index (χ2v) is 20.3. The largest absolute Gasteiger partial charge is 0.508 e. The highest BCUT2D eigenvalue weighted by Crippen LogP contribution is 2.36. The van der Waals surface area contributed by atoms with E-state index in [1.807, 2.05) is 65.8 Å². The maximum atomic E-state index is 11.3. The van der Waals surface area contributed by atoms with Crippen molar-refractivity contribution in [2.24, 2.45) is 15.2 Å². The molecule has 0 unspecified atom stereocenters. The third kappa shape index (κ3) is 22.2. The van der Waals surface area contributed by atoms with Crippen molar-refractivity contribution in [3.05, 3.63) is 164 Å². The number of nitrogens with one attached hydrogen (secondary N) is 1. The standard InChI is InChI=1S/C20H25N3O.C17H20N4O3.C11H15NO2.C11H17NO.C9H13NO.CH3B.CH4/c1-6-21-15-11-19-16(9-13(15)4)22-17-10-14(5)18(12-20(17)24-19)23(7-2)8-3;1-4-20(5-2)16-11-17(22)15(10-12(16)3)19-18-13-6-8-14(9-7-13)21(23)24;1-4-12(9(3)13)11-7-10(14)6-5-8(11)2;1-4-12(5-2)11-8-10(13)7-6-9(11)3;1-3-10-9-6-8(11)5-4-7(9)2;1-2;/h9-12H,6-8H2,1-5H3;6-11,22H,4-5H2,1-3H3;5-7,14H,4H2,1-3H3;6-8,13H,4-5H2,1-3H3;4-6,10-11H,3H2,1-2H3;1H3;1H4. The van der Waals surface area contributed by atoms with E-state index in [0.29, 0.717) is 29.4 Å². The highest BCUT2D eigenvalue weighted by molar-refractivity contribution is 6.05. The van der Waals surface area contributed by atoms with Gasteiger partial charge in [-0.05, 0) is 186 Å². The number of hydrogen-bond donors (Lipinski definition) is 5. The smallest absolute Gasteiger partial charge is 0.269 e. The average molecular weight is 1220 g/mol. The van der Waals surface area contributed by atoms with Crippen LogP contribution in [0, 0.1) is 51.7 Å². The first-order chi connectivity index (χ1) is 42.0. The van der Waals surface area contributed by atoms with Gasteiger partial charge in [0.1, 0.15) is 39.9 Å². The molecule has 5 N–H and O–H groups in total. The Morgan fingerprint density at radius 3 is 1.55 bits per heavy atom. The number of nitrogens with zero attached hydrogens (tertiary/aromatic N) is 9. The Balaban J connectivity index is 0.000000388. The summed E-state index contributed by atoms with van der Waals surface area (Å²) in [7, 11) is 4.50. The minimum absolute atomic E-state index is 0. The summed E-state index contributed by atoms with van der Waals surface area (Å²) in [5.74, 6) is 1.66. The molecular formula is C70H97BN10O8. The van der Waals surface area contributed by atoms with E-state index in [1.54, 1.807) is 53.4 Å². The molecule has 0 saturated carbocycles. The van der Waals surface area contributed by atoms with Crippen molar-refractivity contribution in [1.82, 2.24) is 4.98 Å². The molecule has 478 valence electrons. The number of fused-ring (bicyclic) bond motifs is 2. The third-order valence-electron chi connectivity index (χ3n) is 14.2. The molecule has 1 aliphatic carbocycles. The van der Waals surface area contributed by atoms with Gasteiger partial charge in [0.15, 0.2) is 11.3 Å². The van der Waals surface area contributed by atoms with Crippen LogP contribution in [0.15, 0.2) is 135 Å². The Hall–Kier alpha value is -9.13.